The number of hydrogen-bond acceptors (Lipinski definition) is 7. The lowest BCUT2D eigenvalue weighted by molar-refractivity contribution is -0.384. The second-order valence-corrected chi connectivity index (χ2v) is 6.89. The average molecular weight is 393 g/mol. The van der Waals surface area contributed by atoms with Gasteiger partial charge in [0.15, 0.2) is 5.78 Å². The first-order chi connectivity index (χ1) is 13.1. The zero-order chi connectivity index (χ0) is 21.0. The van der Waals surface area contributed by atoms with Crippen molar-refractivity contribution in [2.45, 2.75) is 58.8 Å². The number of benzene rings is 1. The van der Waals surface area contributed by atoms with Gasteiger partial charge < -0.3 is 9.47 Å². The number of hydrazine groups is 1. The van der Waals surface area contributed by atoms with Crippen LogP contribution in [0.1, 0.15) is 50.0 Å². The molecule has 2 amide bonds. The van der Waals surface area contributed by atoms with Crippen molar-refractivity contribution in [2.24, 2.45) is 0 Å². The van der Waals surface area contributed by atoms with Gasteiger partial charge in [-0.3, -0.25) is 14.9 Å². The molecular weight excluding hydrogens is 370 g/mol. The van der Waals surface area contributed by atoms with Gasteiger partial charge >= 0.3 is 12.2 Å². The molecule has 10 nitrogen and oxygen atoms in total. The summed E-state index contributed by atoms with van der Waals surface area (Å²) in [7, 11) is 0. The van der Waals surface area contributed by atoms with E-state index in [9.17, 15) is 24.5 Å². The molecule has 152 valence electrons. The van der Waals surface area contributed by atoms with E-state index >= 15 is 0 Å². The molecule has 10 heteroatoms. The van der Waals surface area contributed by atoms with Crippen molar-refractivity contribution in [2.75, 3.05) is 0 Å². The molecule has 0 heterocycles. The number of non-ortho nitro benzene ring substituents is 1. The third-order valence-corrected chi connectivity index (χ3v) is 3.96. The zero-order valence-electron chi connectivity index (χ0n) is 16.1. The molecule has 1 N–H and O–H groups in total. The molecule has 0 saturated heterocycles. The number of nitro groups is 1. The van der Waals surface area contributed by atoms with Gasteiger partial charge in [0, 0.05) is 17.7 Å². The summed E-state index contributed by atoms with van der Waals surface area (Å²) in [5.74, 6) is -0.518. The van der Waals surface area contributed by atoms with Crippen LogP contribution in [0.4, 0.5) is 15.3 Å². The van der Waals surface area contributed by atoms with E-state index in [1.807, 2.05) is 0 Å². The standard InChI is InChI=1S/C18H23N3O7/c1-10(2)27-17(23)19-20(18(24)28-11(3)4)15-8-6-12-5-7-13(21(25)26)9-14(12)16(15)22/h5,7,9-11,15H,6,8H2,1-4H3,(H,19,23)/t15-/m0/s1. The van der Waals surface area contributed by atoms with E-state index < -0.39 is 41.1 Å². The van der Waals surface area contributed by atoms with Crippen LogP contribution in [0.2, 0.25) is 0 Å². The summed E-state index contributed by atoms with van der Waals surface area (Å²) in [6, 6.07) is 2.97. The monoisotopic (exact) mass is 393 g/mol. The number of amides is 2. The molecule has 0 unspecified atom stereocenters. The number of hydrogen-bond donors (Lipinski definition) is 1. The highest BCUT2D eigenvalue weighted by Crippen LogP contribution is 2.28. The largest absolute Gasteiger partial charge is 0.446 e. The maximum atomic E-state index is 13.0. The molecule has 28 heavy (non-hydrogen) atoms. The number of carbonyl (C=O) groups is 3. The molecule has 0 bridgehead atoms. The average Bonchev–Trinajstić information content (AvgIpc) is 2.59. The summed E-state index contributed by atoms with van der Waals surface area (Å²) in [5, 5.41) is 11.8. The fraction of sp³-hybridized carbons (Fsp3) is 0.500. The molecule has 2 rings (SSSR count). The maximum Gasteiger partial charge on any atom is 0.429 e. The maximum absolute atomic E-state index is 13.0. The first-order valence-corrected chi connectivity index (χ1v) is 8.88. The number of carbonyl (C=O) groups excluding carboxylic acids is 3. The van der Waals surface area contributed by atoms with Gasteiger partial charge in [-0.1, -0.05) is 6.07 Å². The molecule has 1 aliphatic carbocycles. The van der Waals surface area contributed by atoms with Gasteiger partial charge in [0.05, 0.1) is 17.1 Å². The lowest BCUT2D eigenvalue weighted by Gasteiger charge is -2.33. The summed E-state index contributed by atoms with van der Waals surface area (Å²) in [5.41, 5.74) is 2.83. The highest BCUT2D eigenvalue weighted by molar-refractivity contribution is 6.04. The normalized spacial score (nSPS) is 15.8. The molecule has 1 aromatic carbocycles. The Labute approximate surface area is 161 Å². The molecule has 0 aromatic heterocycles. The van der Waals surface area contributed by atoms with Crippen LogP contribution in [-0.2, 0) is 15.9 Å². The van der Waals surface area contributed by atoms with Crippen LogP contribution in [0.3, 0.4) is 0 Å². The summed E-state index contributed by atoms with van der Waals surface area (Å²) in [6.07, 6.45) is -2.12. The number of ether oxygens (including phenoxy) is 2. The SMILES string of the molecule is CC(C)OC(=O)NN(C(=O)OC(C)C)[C@H]1CCc2ccc([N+](=O)[O-])cc2C1=O. The topological polar surface area (TPSA) is 128 Å². The Hall–Kier alpha value is -3.17. The number of fused-ring (bicyclic) bond motifs is 1. The summed E-state index contributed by atoms with van der Waals surface area (Å²) in [4.78, 5) is 47.9. The van der Waals surface area contributed by atoms with Crippen LogP contribution >= 0.6 is 0 Å². The van der Waals surface area contributed by atoms with E-state index in [1.54, 1.807) is 27.7 Å². The number of nitro benzene ring substituents is 1. The van der Waals surface area contributed by atoms with Crippen molar-refractivity contribution >= 4 is 23.7 Å². The van der Waals surface area contributed by atoms with Crippen LogP contribution in [0.15, 0.2) is 18.2 Å². The van der Waals surface area contributed by atoms with Gasteiger partial charge in [-0.25, -0.2) is 20.0 Å². The van der Waals surface area contributed by atoms with Gasteiger partial charge in [0.2, 0.25) is 0 Å². The van der Waals surface area contributed by atoms with Crippen LogP contribution in [0, 0.1) is 10.1 Å². The predicted molar refractivity (Wildman–Crippen MR) is 97.7 cm³/mol. The van der Waals surface area contributed by atoms with Gasteiger partial charge in [0.1, 0.15) is 6.04 Å². The van der Waals surface area contributed by atoms with Gasteiger partial charge in [0.25, 0.3) is 5.69 Å². The molecule has 0 spiro atoms. The van der Waals surface area contributed by atoms with Crippen LogP contribution in [0.25, 0.3) is 0 Å². The Balaban J connectivity index is 2.33. The number of nitrogens with one attached hydrogen (secondary N) is 1. The molecule has 0 aliphatic heterocycles. The third kappa shape index (κ3) is 4.96. The van der Waals surface area contributed by atoms with Crippen molar-refractivity contribution < 1.29 is 28.8 Å². The fourth-order valence-corrected chi connectivity index (χ4v) is 2.82. The predicted octanol–water partition coefficient (Wildman–Crippen LogP) is 2.99. The van der Waals surface area contributed by atoms with E-state index in [0.717, 1.165) is 5.01 Å². The highest BCUT2D eigenvalue weighted by atomic mass is 16.6. The van der Waals surface area contributed by atoms with E-state index in [4.69, 9.17) is 9.47 Å². The molecular formula is C18H23N3O7. The summed E-state index contributed by atoms with van der Waals surface area (Å²) >= 11 is 0. The lowest BCUT2D eigenvalue weighted by Crippen LogP contribution is -2.56. The van der Waals surface area contributed by atoms with Crippen molar-refractivity contribution in [1.29, 1.82) is 0 Å². The number of ketones is 1. The Morgan fingerprint density at radius 2 is 1.86 bits per heavy atom. The van der Waals surface area contributed by atoms with Crippen molar-refractivity contribution in [3.63, 3.8) is 0 Å². The zero-order valence-corrected chi connectivity index (χ0v) is 16.1. The molecule has 1 aliphatic rings. The number of Topliss-reactive ketones (excluding diaryl/α,β-unsaturated/α-hetero) is 1. The highest BCUT2D eigenvalue weighted by Gasteiger charge is 2.38. The minimum atomic E-state index is -1.07. The molecule has 1 aromatic rings. The first-order valence-electron chi connectivity index (χ1n) is 8.88. The number of rotatable bonds is 4. The lowest BCUT2D eigenvalue weighted by atomic mass is 9.86. The van der Waals surface area contributed by atoms with Crippen molar-refractivity contribution in [3.05, 3.63) is 39.4 Å². The minimum Gasteiger partial charge on any atom is -0.446 e. The second-order valence-electron chi connectivity index (χ2n) is 6.89. The molecule has 0 radical (unpaired) electrons. The molecule has 0 fully saturated rings. The van der Waals surface area contributed by atoms with Gasteiger partial charge in [-0.15, -0.1) is 0 Å². The van der Waals surface area contributed by atoms with E-state index in [0.29, 0.717) is 12.0 Å². The van der Waals surface area contributed by atoms with Gasteiger partial charge in [-0.05, 0) is 46.1 Å². The van der Waals surface area contributed by atoms with E-state index in [-0.39, 0.29) is 17.7 Å². The molecule has 0 saturated carbocycles. The number of aryl methyl sites for hydroxylation is 1. The number of nitrogens with zero attached hydrogens (tertiary/aromatic N) is 2. The smallest absolute Gasteiger partial charge is 0.429 e. The first kappa shape index (κ1) is 21.1. The fourth-order valence-electron chi connectivity index (χ4n) is 2.82. The van der Waals surface area contributed by atoms with Crippen molar-refractivity contribution in [1.82, 2.24) is 10.4 Å². The van der Waals surface area contributed by atoms with Crippen LogP contribution in [-0.4, -0.2) is 46.2 Å². The summed E-state index contributed by atoms with van der Waals surface area (Å²) < 4.78 is 10.1. The molecule has 1 atom stereocenters. The Morgan fingerprint density at radius 3 is 2.43 bits per heavy atom. The van der Waals surface area contributed by atoms with Crippen molar-refractivity contribution in [3.8, 4) is 0 Å². The minimum absolute atomic E-state index is 0.145. The second kappa shape index (κ2) is 8.68. The van der Waals surface area contributed by atoms with Crippen LogP contribution < -0.4 is 5.43 Å². The van der Waals surface area contributed by atoms with Gasteiger partial charge in [-0.2, -0.15) is 0 Å². The third-order valence-electron chi connectivity index (χ3n) is 3.96. The van der Waals surface area contributed by atoms with E-state index in [1.165, 1.54) is 18.2 Å². The van der Waals surface area contributed by atoms with Crippen LogP contribution in [0.5, 0.6) is 0 Å². The van der Waals surface area contributed by atoms with E-state index in [2.05, 4.69) is 5.43 Å². The summed E-state index contributed by atoms with van der Waals surface area (Å²) in [6.45, 7) is 6.53. The Kier molecular flexibility index (Phi) is 6.55. The Morgan fingerprint density at radius 1 is 1.21 bits per heavy atom. The Bertz CT molecular complexity index is 791. The quantitative estimate of drug-likeness (QED) is 0.615.